The van der Waals surface area contributed by atoms with Crippen molar-refractivity contribution in [1.82, 2.24) is 0 Å². The minimum absolute atomic E-state index is 0.208. The van der Waals surface area contributed by atoms with Gasteiger partial charge in [-0.15, -0.1) is 0 Å². The maximum atomic E-state index is 2.41. The molecule has 1 aliphatic carbocycles. The van der Waals surface area contributed by atoms with Crippen LogP contribution in [0.1, 0.15) is 36.1 Å². The third kappa shape index (κ3) is 6.40. The van der Waals surface area contributed by atoms with Crippen molar-refractivity contribution in [3.05, 3.63) is 216 Å². The van der Waals surface area contributed by atoms with Gasteiger partial charge in [0.25, 0.3) is 0 Å². The molecule has 0 saturated heterocycles. The molecule has 0 atom stereocenters. The molecule has 55 heavy (non-hydrogen) atoms. The Morgan fingerprint density at radius 3 is 1.22 bits per heavy atom. The molecule has 0 radical (unpaired) electrons. The highest BCUT2D eigenvalue weighted by molar-refractivity contribution is 5.88. The lowest BCUT2D eigenvalue weighted by Crippen LogP contribution is -2.17. The minimum atomic E-state index is -0.208. The third-order valence-electron chi connectivity index (χ3n) is 11.2. The summed E-state index contributed by atoms with van der Waals surface area (Å²) in [6.07, 6.45) is 0. The van der Waals surface area contributed by atoms with E-state index in [9.17, 15) is 0 Å². The number of fused-ring (bicyclic) bond motifs is 3. The second-order valence-electron chi connectivity index (χ2n) is 15.3. The third-order valence-corrected chi connectivity index (χ3v) is 11.2. The molecule has 2 nitrogen and oxygen atoms in total. The average Bonchev–Trinajstić information content (AvgIpc) is 3.45. The van der Waals surface area contributed by atoms with Crippen molar-refractivity contribution < 1.29 is 0 Å². The molecule has 0 aliphatic heterocycles. The molecule has 0 N–H and O–H groups in total. The molecule has 9 rings (SSSR count). The van der Waals surface area contributed by atoms with E-state index in [2.05, 4.69) is 232 Å². The summed E-state index contributed by atoms with van der Waals surface area (Å²) in [5.41, 5.74) is 19.3. The van der Waals surface area contributed by atoms with Gasteiger partial charge in [-0.25, -0.2) is 0 Å². The van der Waals surface area contributed by atoms with Gasteiger partial charge in [-0.3, -0.25) is 0 Å². The van der Waals surface area contributed by atoms with E-state index in [4.69, 9.17) is 0 Å². The van der Waals surface area contributed by atoms with Gasteiger partial charge in [-0.05, 0) is 137 Å². The zero-order valence-electron chi connectivity index (χ0n) is 31.9. The van der Waals surface area contributed by atoms with Crippen LogP contribution >= 0.6 is 0 Å². The highest BCUT2D eigenvalue weighted by Crippen LogP contribution is 2.52. The van der Waals surface area contributed by atoms with Crippen LogP contribution in [0.4, 0.5) is 34.1 Å². The molecule has 0 heterocycles. The molecule has 0 bridgehead atoms. The Kier molecular flexibility index (Phi) is 8.67. The number of hydrogen-bond acceptors (Lipinski definition) is 2. The van der Waals surface area contributed by atoms with Crippen molar-refractivity contribution in [1.29, 1.82) is 0 Å². The molecule has 2 heteroatoms. The lowest BCUT2D eigenvalue weighted by Gasteiger charge is -2.29. The summed E-state index contributed by atoms with van der Waals surface area (Å²) in [4.78, 5) is 4.76. The molecular weight excluding hydrogens is 665 g/mol. The smallest absolute Gasteiger partial charge is 0.0465 e. The quantitative estimate of drug-likeness (QED) is 0.155. The van der Waals surface area contributed by atoms with Crippen LogP contribution in [-0.2, 0) is 5.41 Å². The van der Waals surface area contributed by atoms with E-state index in [1.54, 1.807) is 0 Å². The number of para-hydroxylation sites is 1. The summed E-state index contributed by atoms with van der Waals surface area (Å²) in [5.74, 6) is 0. The largest absolute Gasteiger partial charge is 0.310 e. The number of hydrogen-bond donors (Lipinski definition) is 0. The van der Waals surface area contributed by atoms with Gasteiger partial charge in [0.2, 0.25) is 0 Å². The zero-order chi connectivity index (χ0) is 37.5. The van der Waals surface area contributed by atoms with Crippen LogP contribution in [0.15, 0.2) is 194 Å². The fourth-order valence-electron chi connectivity index (χ4n) is 8.21. The van der Waals surface area contributed by atoms with E-state index in [0.717, 1.165) is 34.1 Å². The number of anilines is 6. The Bertz CT molecular complexity index is 2600. The van der Waals surface area contributed by atoms with Gasteiger partial charge < -0.3 is 9.80 Å². The number of aryl methyl sites for hydroxylation is 2. The van der Waals surface area contributed by atoms with E-state index in [-0.39, 0.29) is 5.41 Å². The van der Waals surface area contributed by atoms with Gasteiger partial charge in [0.05, 0.1) is 0 Å². The molecule has 0 unspecified atom stereocenters. The molecule has 266 valence electrons. The predicted molar refractivity (Wildman–Crippen MR) is 234 cm³/mol. The first-order valence-electron chi connectivity index (χ1n) is 19.2. The van der Waals surface area contributed by atoms with Gasteiger partial charge in [-0.2, -0.15) is 0 Å². The minimum Gasteiger partial charge on any atom is -0.310 e. The SMILES string of the molecule is Cc1ccc(N(c2cccc(C)c2)c2ccc3c(c2)C(C)(C)c2cc(N(c4ccccc4)c4ccc(-c5ccc(-c6ccccc6)cc5)cc4)ccc2-3)cc1. The molecular formula is C53H44N2. The van der Waals surface area contributed by atoms with Crippen LogP contribution in [0.5, 0.6) is 0 Å². The summed E-state index contributed by atoms with van der Waals surface area (Å²) in [6.45, 7) is 9.05. The second kappa shape index (κ2) is 14.0. The van der Waals surface area contributed by atoms with Crippen molar-refractivity contribution in [3.63, 3.8) is 0 Å². The summed E-state index contributed by atoms with van der Waals surface area (Å²) in [5, 5.41) is 0. The van der Waals surface area contributed by atoms with E-state index < -0.39 is 0 Å². The van der Waals surface area contributed by atoms with Crippen LogP contribution in [0.2, 0.25) is 0 Å². The van der Waals surface area contributed by atoms with Crippen molar-refractivity contribution >= 4 is 34.1 Å². The Hall–Kier alpha value is -6.64. The predicted octanol–water partition coefficient (Wildman–Crippen LogP) is 14.9. The Labute approximate surface area is 325 Å². The lowest BCUT2D eigenvalue weighted by molar-refractivity contribution is 0.660. The first-order chi connectivity index (χ1) is 26.8. The van der Waals surface area contributed by atoms with Crippen LogP contribution in [-0.4, -0.2) is 0 Å². The van der Waals surface area contributed by atoms with E-state index in [0.29, 0.717) is 0 Å². The molecule has 0 fully saturated rings. The average molecular weight is 709 g/mol. The van der Waals surface area contributed by atoms with Gasteiger partial charge in [0.15, 0.2) is 0 Å². The summed E-state index contributed by atoms with van der Waals surface area (Å²) < 4.78 is 0. The molecule has 0 saturated carbocycles. The monoisotopic (exact) mass is 708 g/mol. The normalized spacial score (nSPS) is 12.5. The zero-order valence-corrected chi connectivity index (χ0v) is 31.9. The maximum absolute atomic E-state index is 2.41. The number of rotatable bonds is 8. The fraction of sp³-hybridized carbons (Fsp3) is 0.0943. The standard InChI is InChI=1S/C53H44N2/c1-37-18-26-44(27-19-37)55(46-17-11-12-38(2)34-46)48-31-33-50-49-32-30-47(35-51(49)53(3,4)52(50)36-48)54(43-15-9-6-10-16-43)45-28-24-42(25-29-45)41-22-20-40(21-23-41)39-13-7-5-8-14-39/h5-36H,1-4H3. The first kappa shape index (κ1) is 34.1. The highest BCUT2D eigenvalue weighted by atomic mass is 15.1. The van der Waals surface area contributed by atoms with Gasteiger partial charge in [0, 0.05) is 39.5 Å². The Morgan fingerprint density at radius 2 is 0.691 bits per heavy atom. The lowest BCUT2D eigenvalue weighted by atomic mass is 9.82. The van der Waals surface area contributed by atoms with Crippen LogP contribution in [0.25, 0.3) is 33.4 Å². The fourth-order valence-corrected chi connectivity index (χ4v) is 8.21. The van der Waals surface area contributed by atoms with Crippen molar-refractivity contribution in [2.24, 2.45) is 0 Å². The van der Waals surface area contributed by atoms with E-state index in [1.807, 2.05) is 0 Å². The topological polar surface area (TPSA) is 6.48 Å². The Morgan fingerprint density at radius 1 is 0.309 bits per heavy atom. The molecule has 0 spiro atoms. The second-order valence-corrected chi connectivity index (χ2v) is 15.3. The van der Waals surface area contributed by atoms with E-state index in [1.165, 1.54) is 55.6 Å². The molecule has 8 aromatic rings. The molecule has 1 aliphatic rings. The molecule has 0 aromatic heterocycles. The van der Waals surface area contributed by atoms with Gasteiger partial charge in [0.1, 0.15) is 0 Å². The number of benzene rings is 8. The summed E-state index contributed by atoms with van der Waals surface area (Å²) in [6, 6.07) is 70.8. The van der Waals surface area contributed by atoms with Gasteiger partial charge >= 0.3 is 0 Å². The van der Waals surface area contributed by atoms with Gasteiger partial charge in [-0.1, -0.05) is 141 Å². The summed E-state index contributed by atoms with van der Waals surface area (Å²) >= 11 is 0. The molecule has 0 amide bonds. The van der Waals surface area contributed by atoms with E-state index >= 15 is 0 Å². The van der Waals surface area contributed by atoms with Crippen molar-refractivity contribution in [3.8, 4) is 33.4 Å². The Balaban J connectivity index is 1.07. The molecule has 8 aromatic carbocycles. The van der Waals surface area contributed by atoms with Crippen molar-refractivity contribution in [2.45, 2.75) is 33.1 Å². The first-order valence-corrected chi connectivity index (χ1v) is 19.2. The highest BCUT2D eigenvalue weighted by Gasteiger charge is 2.37. The van der Waals surface area contributed by atoms with Crippen molar-refractivity contribution in [2.75, 3.05) is 9.80 Å². The summed E-state index contributed by atoms with van der Waals surface area (Å²) in [7, 11) is 0. The number of nitrogens with zero attached hydrogens (tertiary/aromatic N) is 2. The maximum Gasteiger partial charge on any atom is 0.0465 e. The van der Waals surface area contributed by atoms with Crippen LogP contribution in [0, 0.1) is 13.8 Å². The van der Waals surface area contributed by atoms with Crippen LogP contribution in [0.3, 0.4) is 0 Å². The van der Waals surface area contributed by atoms with Crippen LogP contribution < -0.4 is 9.80 Å².